The van der Waals surface area contributed by atoms with Gasteiger partial charge >= 0.3 is 22.6 Å². The summed E-state index contributed by atoms with van der Waals surface area (Å²) in [7, 11) is -4.28. The lowest BCUT2D eigenvalue weighted by Crippen LogP contribution is -2.44. The van der Waals surface area contributed by atoms with E-state index in [1.165, 1.54) is 6.92 Å². The molecule has 0 saturated carbocycles. The first-order valence-corrected chi connectivity index (χ1v) is 4.92. The zero-order valence-corrected chi connectivity index (χ0v) is 8.49. The molecule has 0 saturated heterocycles. The van der Waals surface area contributed by atoms with E-state index in [-0.39, 0.29) is 10.8 Å². The Morgan fingerprint density at radius 3 is 1.87 bits per heavy atom. The van der Waals surface area contributed by atoms with E-state index in [4.69, 9.17) is 0 Å². The summed E-state index contributed by atoms with van der Waals surface area (Å²) >= 11 is 0. The van der Waals surface area contributed by atoms with Crippen LogP contribution in [0.25, 0.3) is 0 Å². The molecule has 0 aliphatic rings. The van der Waals surface area contributed by atoms with Crippen molar-refractivity contribution in [1.82, 2.24) is 4.31 Å². The molecule has 0 spiro atoms. The van der Waals surface area contributed by atoms with Crippen molar-refractivity contribution in [1.29, 1.82) is 0 Å². The van der Waals surface area contributed by atoms with Crippen LogP contribution in [0.5, 0.6) is 0 Å². The molecule has 0 aromatic carbocycles. The van der Waals surface area contributed by atoms with Gasteiger partial charge in [0.1, 0.15) is 0 Å². The Morgan fingerprint density at radius 1 is 1.20 bits per heavy atom. The largest absolute Gasteiger partial charge is 0.484 e. The first kappa shape index (κ1) is 14.5. The third-order valence-electron chi connectivity index (χ3n) is 1.37. The molecule has 0 bridgehead atoms. The maximum Gasteiger partial charge on any atom is 0.484 e. The van der Waals surface area contributed by atoms with Crippen LogP contribution < -0.4 is 0 Å². The highest BCUT2D eigenvalue weighted by molar-refractivity contribution is 7.84. The van der Waals surface area contributed by atoms with Crippen molar-refractivity contribution in [3.05, 3.63) is 0 Å². The minimum atomic E-state index is -6.07. The fraction of sp³-hybridized carbons (Fsp3) is 1.00. The SMILES string of the molecule is CCN(C)S(=O)(=O)OC(F)(F)C(F)(F)F. The van der Waals surface area contributed by atoms with Gasteiger partial charge in [-0.25, -0.2) is 0 Å². The first-order valence-electron chi connectivity index (χ1n) is 3.55. The van der Waals surface area contributed by atoms with Crippen molar-refractivity contribution in [3.63, 3.8) is 0 Å². The zero-order chi connectivity index (χ0) is 12.5. The highest BCUT2D eigenvalue weighted by atomic mass is 32.2. The molecule has 0 aromatic heterocycles. The maximum absolute atomic E-state index is 12.2. The van der Waals surface area contributed by atoms with Crippen LogP contribution in [-0.2, 0) is 14.5 Å². The van der Waals surface area contributed by atoms with Gasteiger partial charge in [0.2, 0.25) is 0 Å². The summed E-state index contributed by atoms with van der Waals surface area (Å²) in [6.07, 6.45) is -11.8. The predicted molar refractivity (Wildman–Crippen MR) is 39.3 cm³/mol. The van der Waals surface area contributed by atoms with Crippen LogP contribution in [0, 0.1) is 0 Å². The molecule has 10 heteroatoms. The Hall–Kier alpha value is -0.480. The summed E-state index contributed by atoms with van der Waals surface area (Å²) in [6.45, 7) is 0.947. The van der Waals surface area contributed by atoms with Crippen LogP contribution in [0.2, 0.25) is 0 Å². The fourth-order valence-electron chi connectivity index (χ4n) is 0.401. The first-order chi connectivity index (χ1) is 6.44. The molecule has 0 N–H and O–H groups in total. The van der Waals surface area contributed by atoms with E-state index in [2.05, 4.69) is 4.18 Å². The number of nitrogens with zero attached hydrogens (tertiary/aromatic N) is 1. The predicted octanol–water partition coefficient (Wildman–Crippen LogP) is 1.35. The molecule has 0 heterocycles. The minimum Gasteiger partial charge on any atom is -0.182 e. The van der Waals surface area contributed by atoms with Crippen LogP contribution in [0.1, 0.15) is 6.92 Å². The zero-order valence-electron chi connectivity index (χ0n) is 7.68. The summed E-state index contributed by atoms with van der Waals surface area (Å²) < 4.78 is 83.6. The van der Waals surface area contributed by atoms with Gasteiger partial charge in [-0.15, -0.1) is 0 Å². The van der Waals surface area contributed by atoms with Crippen molar-refractivity contribution in [3.8, 4) is 0 Å². The van der Waals surface area contributed by atoms with E-state index in [1.807, 2.05) is 0 Å². The quantitative estimate of drug-likeness (QED) is 0.714. The summed E-state index contributed by atoms with van der Waals surface area (Å²) in [5.74, 6) is 0. The third kappa shape index (κ3) is 3.54. The molecule has 0 aliphatic heterocycles. The molecule has 0 aromatic rings. The van der Waals surface area contributed by atoms with Gasteiger partial charge in [-0.2, -0.15) is 38.9 Å². The molecular weight excluding hydrogens is 249 g/mol. The van der Waals surface area contributed by atoms with Crippen molar-refractivity contribution in [2.75, 3.05) is 13.6 Å². The average molecular weight is 257 g/mol. The standard InChI is InChI=1S/C5H8F5NO3S/c1-3-11(2)15(12,13)14-5(9,10)4(6,7)8/h3H2,1-2H3. The smallest absolute Gasteiger partial charge is 0.182 e. The average Bonchev–Trinajstić information content (AvgIpc) is 1.98. The maximum atomic E-state index is 12.2. The van der Waals surface area contributed by atoms with Crippen molar-refractivity contribution in [2.45, 2.75) is 19.2 Å². The van der Waals surface area contributed by atoms with Crippen LogP contribution in [0.4, 0.5) is 22.0 Å². The van der Waals surface area contributed by atoms with Gasteiger partial charge in [0.05, 0.1) is 0 Å². The molecule has 92 valence electrons. The van der Waals surface area contributed by atoms with Crippen LogP contribution in [0.3, 0.4) is 0 Å². The molecule has 0 radical (unpaired) electrons. The molecule has 0 aliphatic carbocycles. The van der Waals surface area contributed by atoms with Crippen LogP contribution in [-0.4, -0.2) is 38.6 Å². The van der Waals surface area contributed by atoms with Crippen LogP contribution >= 0.6 is 0 Å². The van der Waals surface area contributed by atoms with Gasteiger partial charge < -0.3 is 0 Å². The molecule has 0 atom stereocenters. The molecule has 4 nitrogen and oxygen atoms in total. The third-order valence-corrected chi connectivity index (χ3v) is 2.81. The number of hydrogen-bond acceptors (Lipinski definition) is 3. The van der Waals surface area contributed by atoms with Gasteiger partial charge in [0.15, 0.2) is 0 Å². The second-order valence-electron chi connectivity index (χ2n) is 2.47. The Kier molecular flexibility index (Phi) is 4.05. The molecule has 0 unspecified atom stereocenters. The van der Waals surface area contributed by atoms with Gasteiger partial charge in [-0.3, -0.25) is 0 Å². The van der Waals surface area contributed by atoms with Crippen molar-refractivity contribution < 1.29 is 34.6 Å². The normalized spacial score (nSPS) is 14.7. The summed E-state index contributed by atoms with van der Waals surface area (Å²) in [4.78, 5) is 0. The van der Waals surface area contributed by atoms with Crippen LogP contribution in [0.15, 0.2) is 0 Å². The van der Waals surface area contributed by atoms with Crippen molar-refractivity contribution >= 4 is 10.3 Å². The Morgan fingerprint density at radius 2 is 1.60 bits per heavy atom. The highest BCUT2D eigenvalue weighted by Gasteiger charge is 2.62. The monoisotopic (exact) mass is 257 g/mol. The van der Waals surface area contributed by atoms with E-state index in [9.17, 15) is 30.4 Å². The Bertz CT molecular complexity index is 311. The van der Waals surface area contributed by atoms with E-state index in [1.54, 1.807) is 0 Å². The lowest BCUT2D eigenvalue weighted by Gasteiger charge is -2.21. The van der Waals surface area contributed by atoms with Gasteiger partial charge in [-0.1, -0.05) is 6.92 Å². The van der Waals surface area contributed by atoms with Gasteiger partial charge in [0, 0.05) is 13.6 Å². The van der Waals surface area contributed by atoms with Gasteiger partial charge in [-0.05, 0) is 0 Å². The Labute approximate surface area is 82.9 Å². The minimum absolute atomic E-state index is 0.215. The fourth-order valence-corrected chi connectivity index (χ4v) is 1.20. The number of halogens is 5. The van der Waals surface area contributed by atoms with E-state index in [0.29, 0.717) is 0 Å². The number of alkyl halides is 5. The lowest BCUT2D eigenvalue weighted by molar-refractivity contribution is -0.360. The molecule has 0 fully saturated rings. The molecule has 15 heavy (non-hydrogen) atoms. The molecule has 0 amide bonds. The second kappa shape index (κ2) is 4.18. The molecular formula is C5H8F5NO3S. The van der Waals surface area contributed by atoms with E-state index >= 15 is 0 Å². The summed E-state index contributed by atoms with van der Waals surface area (Å²) in [5.41, 5.74) is 0. The second-order valence-corrected chi connectivity index (χ2v) is 4.12. The summed E-state index contributed by atoms with van der Waals surface area (Å²) in [6, 6.07) is 0. The number of hydrogen-bond donors (Lipinski definition) is 0. The topological polar surface area (TPSA) is 46.6 Å². The summed E-state index contributed by atoms with van der Waals surface area (Å²) in [5, 5.41) is 0. The Balaban J connectivity index is 4.90. The van der Waals surface area contributed by atoms with Crippen molar-refractivity contribution in [2.24, 2.45) is 0 Å². The van der Waals surface area contributed by atoms with Gasteiger partial charge in [0.25, 0.3) is 0 Å². The molecule has 0 rings (SSSR count). The van der Waals surface area contributed by atoms with E-state index < -0.39 is 22.6 Å². The van der Waals surface area contributed by atoms with E-state index in [0.717, 1.165) is 7.05 Å². The highest BCUT2D eigenvalue weighted by Crippen LogP contribution is 2.37. The number of rotatable bonds is 4. The lowest BCUT2D eigenvalue weighted by atomic mass is 10.6.